The van der Waals surface area contributed by atoms with Crippen molar-refractivity contribution in [2.24, 2.45) is 5.92 Å². The fourth-order valence-electron chi connectivity index (χ4n) is 4.04. The van der Waals surface area contributed by atoms with Gasteiger partial charge in [0.05, 0.1) is 0 Å². The van der Waals surface area contributed by atoms with Crippen molar-refractivity contribution in [1.82, 2.24) is 24.6 Å². The summed E-state index contributed by atoms with van der Waals surface area (Å²) in [7, 11) is 1.98. The Labute approximate surface area is 138 Å². The highest BCUT2D eigenvalue weighted by molar-refractivity contribution is 5.74. The lowest BCUT2D eigenvalue weighted by atomic mass is 9.98. The zero-order valence-electron chi connectivity index (χ0n) is 14.7. The predicted octanol–water partition coefficient (Wildman–Crippen LogP) is 2.60. The molecule has 6 nitrogen and oxygen atoms in total. The topological polar surface area (TPSA) is 54.3 Å². The molecule has 3 rings (SSSR count). The van der Waals surface area contributed by atoms with Crippen molar-refractivity contribution < 1.29 is 4.79 Å². The molecule has 1 aromatic heterocycles. The van der Waals surface area contributed by atoms with Crippen molar-refractivity contribution in [1.29, 1.82) is 0 Å². The minimum atomic E-state index is 0.216. The van der Waals surface area contributed by atoms with E-state index < -0.39 is 0 Å². The summed E-state index contributed by atoms with van der Waals surface area (Å²) in [6.45, 7) is 6.52. The van der Waals surface area contributed by atoms with Crippen LogP contribution in [-0.2, 0) is 6.54 Å². The third-order valence-electron chi connectivity index (χ3n) is 5.36. The second-order valence-electron chi connectivity index (χ2n) is 7.17. The molecule has 0 N–H and O–H groups in total. The third kappa shape index (κ3) is 3.67. The Morgan fingerprint density at radius 2 is 1.96 bits per heavy atom. The summed E-state index contributed by atoms with van der Waals surface area (Å²) in [5.41, 5.74) is 0. The van der Waals surface area contributed by atoms with Crippen LogP contribution in [-0.4, -0.2) is 56.8 Å². The van der Waals surface area contributed by atoms with Crippen LogP contribution in [0.3, 0.4) is 0 Å². The first kappa shape index (κ1) is 16.3. The second kappa shape index (κ2) is 6.89. The van der Waals surface area contributed by atoms with Gasteiger partial charge in [-0.25, -0.2) is 14.5 Å². The van der Waals surface area contributed by atoms with Gasteiger partial charge in [0, 0.05) is 32.7 Å². The van der Waals surface area contributed by atoms with E-state index in [0.29, 0.717) is 12.0 Å². The van der Waals surface area contributed by atoms with Gasteiger partial charge in [0.25, 0.3) is 0 Å². The molecule has 1 aliphatic heterocycles. The van der Waals surface area contributed by atoms with Crippen LogP contribution >= 0.6 is 0 Å². The van der Waals surface area contributed by atoms with E-state index in [1.54, 1.807) is 0 Å². The van der Waals surface area contributed by atoms with E-state index in [1.165, 1.54) is 12.8 Å². The molecule has 2 amide bonds. The molecule has 0 bridgehead atoms. The Kier molecular flexibility index (Phi) is 4.87. The number of rotatable bonds is 3. The minimum Gasteiger partial charge on any atom is -0.325 e. The second-order valence-corrected chi connectivity index (χ2v) is 7.17. The largest absolute Gasteiger partial charge is 0.325 e. The van der Waals surface area contributed by atoms with E-state index in [9.17, 15) is 4.79 Å². The molecule has 1 aromatic rings. The van der Waals surface area contributed by atoms with Crippen molar-refractivity contribution in [3.05, 3.63) is 11.6 Å². The summed E-state index contributed by atoms with van der Waals surface area (Å²) >= 11 is 0. The van der Waals surface area contributed by atoms with Gasteiger partial charge in [0.1, 0.15) is 11.6 Å². The van der Waals surface area contributed by atoms with Crippen LogP contribution in [0.1, 0.15) is 50.2 Å². The summed E-state index contributed by atoms with van der Waals surface area (Å²) in [4.78, 5) is 21.2. The molecule has 0 radical (unpaired) electrons. The van der Waals surface area contributed by atoms with Crippen molar-refractivity contribution in [2.45, 2.75) is 65.0 Å². The Hall–Kier alpha value is -1.59. The summed E-state index contributed by atoms with van der Waals surface area (Å²) < 4.78 is 1.99. The van der Waals surface area contributed by atoms with Crippen LogP contribution in [0.15, 0.2) is 0 Å². The van der Waals surface area contributed by atoms with Gasteiger partial charge in [-0.1, -0.05) is 12.8 Å². The van der Waals surface area contributed by atoms with Crippen molar-refractivity contribution >= 4 is 6.03 Å². The highest BCUT2D eigenvalue weighted by Gasteiger charge is 2.30. The Morgan fingerprint density at radius 3 is 2.61 bits per heavy atom. The van der Waals surface area contributed by atoms with Gasteiger partial charge in [-0.3, -0.25) is 0 Å². The number of hydrogen-bond donors (Lipinski definition) is 0. The first-order valence-corrected chi connectivity index (χ1v) is 8.94. The molecule has 0 spiro atoms. The molecule has 0 aromatic carbocycles. The number of aryl methyl sites for hydroxylation is 2. The molecule has 23 heavy (non-hydrogen) atoms. The van der Waals surface area contributed by atoms with E-state index >= 15 is 0 Å². The summed E-state index contributed by atoms with van der Waals surface area (Å²) in [6.07, 6.45) is 7.09. The Balaban J connectivity index is 1.59. The van der Waals surface area contributed by atoms with Gasteiger partial charge in [-0.05, 0) is 45.4 Å². The van der Waals surface area contributed by atoms with Crippen LogP contribution in [0.4, 0.5) is 4.79 Å². The van der Waals surface area contributed by atoms with Crippen molar-refractivity contribution in [3.8, 4) is 0 Å². The molecule has 1 aliphatic carbocycles. The van der Waals surface area contributed by atoms with Crippen LogP contribution < -0.4 is 0 Å². The third-order valence-corrected chi connectivity index (χ3v) is 5.36. The van der Waals surface area contributed by atoms with E-state index in [0.717, 1.165) is 57.0 Å². The maximum atomic E-state index is 12.8. The first-order chi connectivity index (χ1) is 11.0. The fraction of sp³-hybridized carbons (Fsp3) is 0.824. The number of hydrogen-bond acceptors (Lipinski definition) is 3. The van der Waals surface area contributed by atoms with Gasteiger partial charge in [0.15, 0.2) is 0 Å². The first-order valence-electron chi connectivity index (χ1n) is 8.94. The lowest BCUT2D eigenvalue weighted by molar-refractivity contribution is 0.119. The zero-order chi connectivity index (χ0) is 16.4. The molecular formula is C17H29N5O. The lowest BCUT2D eigenvalue weighted by Crippen LogP contribution is -2.49. The molecule has 1 saturated heterocycles. The smallest absolute Gasteiger partial charge is 0.319 e. The van der Waals surface area contributed by atoms with Gasteiger partial charge in [-0.2, -0.15) is 5.10 Å². The monoisotopic (exact) mass is 319 g/mol. The standard InChI is InChI=1S/C17H29N5O/c1-13-18-14(2)22(19-13)12-15-7-6-10-21(11-15)17(23)20(3)16-8-4-5-9-16/h15-16H,4-12H2,1-3H3/t15-/m0/s1. The van der Waals surface area contributed by atoms with E-state index in [4.69, 9.17) is 0 Å². The molecule has 0 unspecified atom stereocenters. The SMILES string of the molecule is Cc1nc(C)n(C[C@H]2CCCN(C(=O)N(C)C3CCCC3)C2)n1. The Bertz CT molecular complexity index is 549. The maximum absolute atomic E-state index is 12.8. The van der Waals surface area contributed by atoms with Crippen LogP contribution in [0.2, 0.25) is 0 Å². The highest BCUT2D eigenvalue weighted by Crippen LogP contribution is 2.25. The average molecular weight is 319 g/mol. The van der Waals surface area contributed by atoms with Gasteiger partial charge >= 0.3 is 6.03 Å². The zero-order valence-corrected chi connectivity index (χ0v) is 14.7. The molecule has 128 valence electrons. The highest BCUT2D eigenvalue weighted by atomic mass is 16.2. The van der Waals surface area contributed by atoms with Crippen molar-refractivity contribution in [2.75, 3.05) is 20.1 Å². The van der Waals surface area contributed by atoms with Gasteiger partial charge in [-0.15, -0.1) is 0 Å². The van der Waals surface area contributed by atoms with Crippen LogP contribution in [0.25, 0.3) is 0 Å². The number of carbonyl (C=O) groups excluding carboxylic acids is 1. The molecular weight excluding hydrogens is 290 g/mol. The summed E-state index contributed by atoms with van der Waals surface area (Å²) in [5.74, 6) is 2.27. The Morgan fingerprint density at radius 1 is 1.22 bits per heavy atom. The normalized spacial score (nSPS) is 22.6. The number of likely N-dealkylation sites (tertiary alicyclic amines) is 1. The average Bonchev–Trinajstić information content (AvgIpc) is 3.16. The number of amides is 2. The van der Waals surface area contributed by atoms with Crippen molar-refractivity contribution in [3.63, 3.8) is 0 Å². The maximum Gasteiger partial charge on any atom is 0.319 e. The molecule has 2 heterocycles. The number of nitrogens with zero attached hydrogens (tertiary/aromatic N) is 5. The summed E-state index contributed by atoms with van der Waals surface area (Å²) in [6, 6.07) is 0.663. The molecule has 6 heteroatoms. The number of piperidine rings is 1. The molecule has 1 saturated carbocycles. The molecule has 1 atom stereocenters. The van der Waals surface area contributed by atoms with Gasteiger partial charge in [0.2, 0.25) is 0 Å². The van der Waals surface area contributed by atoms with Crippen LogP contribution in [0, 0.1) is 19.8 Å². The number of urea groups is 1. The minimum absolute atomic E-state index is 0.216. The fourth-order valence-corrected chi connectivity index (χ4v) is 4.04. The quantitative estimate of drug-likeness (QED) is 0.860. The van der Waals surface area contributed by atoms with E-state index in [1.807, 2.05) is 35.4 Å². The molecule has 2 aliphatic rings. The van der Waals surface area contributed by atoms with Crippen LogP contribution in [0.5, 0.6) is 0 Å². The molecule has 2 fully saturated rings. The van der Waals surface area contributed by atoms with E-state index in [2.05, 4.69) is 10.1 Å². The lowest BCUT2D eigenvalue weighted by Gasteiger charge is -2.37. The number of carbonyl (C=O) groups is 1. The van der Waals surface area contributed by atoms with Gasteiger partial charge < -0.3 is 9.80 Å². The van der Waals surface area contributed by atoms with E-state index in [-0.39, 0.29) is 6.03 Å². The summed E-state index contributed by atoms with van der Waals surface area (Å²) in [5, 5.41) is 4.46. The predicted molar refractivity (Wildman–Crippen MR) is 89.2 cm³/mol. The number of aromatic nitrogens is 3.